The highest BCUT2D eigenvalue weighted by Gasteiger charge is 2.07. The van der Waals surface area contributed by atoms with Crippen LogP contribution in [0.4, 0.5) is 5.69 Å². The van der Waals surface area contributed by atoms with Gasteiger partial charge in [-0.2, -0.15) is 0 Å². The third-order valence-corrected chi connectivity index (χ3v) is 2.65. The average molecular weight is 272 g/mol. The molecule has 1 amide bonds. The summed E-state index contributed by atoms with van der Waals surface area (Å²) in [6, 6.07) is 10.5. The summed E-state index contributed by atoms with van der Waals surface area (Å²) >= 11 is 0. The molecule has 2 rings (SSSR count). The van der Waals surface area contributed by atoms with Crippen LogP contribution in [0, 0.1) is 0 Å². The number of carbonyl (C=O) groups excluding carboxylic acids is 1. The highest BCUT2D eigenvalue weighted by molar-refractivity contribution is 5.90. The lowest BCUT2D eigenvalue weighted by Crippen LogP contribution is -2.06. The maximum Gasteiger partial charge on any atom is 0.221 e. The number of anilines is 1. The van der Waals surface area contributed by atoms with E-state index in [1.165, 1.54) is 6.92 Å². The van der Waals surface area contributed by atoms with Crippen LogP contribution in [-0.2, 0) is 4.79 Å². The van der Waals surface area contributed by atoms with Crippen molar-refractivity contribution in [3.8, 4) is 11.6 Å². The lowest BCUT2D eigenvalue weighted by molar-refractivity contribution is -0.114. The van der Waals surface area contributed by atoms with Gasteiger partial charge in [-0.25, -0.2) is 4.98 Å². The van der Waals surface area contributed by atoms with Gasteiger partial charge in [0.25, 0.3) is 0 Å². The molecule has 1 aromatic heterocycles. The first kappa shape index (κ1) is 14.0. The fourth-order valence-corrected chi connectivity index (χ4v) is 1.66. The first-order valence-corrected chi connectivity index (χ1v) is 6.25. The number of rotatable bonds is 4. The van der Waals surface area contributed by atoms with Gasteiger partial charge in [-0.05, 0) is 30.7 Å². The Hall–Kier alpha value is -2.40. The smallest absolute Gasteiger partial charge is 0.221 e. The third kappa shape index (κ3) is 3.55. The molecule has 5 nitrogen and oxygen atoms in total. The predicted octanol–water partition coefficient (Wildman–Crippen LogP) is 2.89. The van der Waals surface area contributed by atoms with E-state index in [-0.39, 0.29) is 5.91 Å². The molecule has 2 aromatic rings. The third-order valence-electron chi connectivity index (χ3n) is 2.65. The topological polar surface area (TPSA) is 71.5 Å². The van der Waals surface area contributed by atoms with Crippen molar-refractivity contribution in [2.45, 2.75) is 20.0 Å². The van der Waals surface area contributed by atoms with E-state index in [1.807, 2.05) is 12.1 Å². The van der Waals surface area contributed by atoms with Crippen molar-refractivity contribution in [3.05, 3.63) is 48.2 Å². The van der Waals surface area contributed by atoms with E-state index >= 15 is 0 Å². The van der Waals surface area contributed by atoms with Crippen LogP contribution in [0.5, 0.6) is 11.6 Å². The molecule has 0 bridgehead atoms. The zero-order chi connectivity index (χ0) is 14.5. The minimum Gasteiger partial charge on any atom is -0.437 e. The normalized spacial score (nSPS) is 11.8. The Morgan fingerprint density at radius 3 is 2.65 bits per heavy atom. The Balaban J connectivity index is 2.19. The standard InChI is InChI=1S/C15H16N2O3/c1-10(18)12-7-8-15(16-9-12)20-14-6-4-3-5-13(14)17-11(2)19/h3-10,18H,1-2H3,(H,17,19). The van der Waals surface area contributed by atoms with Crippen molar-refractivity contribution < 1.29 is 14.6 Å². The SMILES string of the molecule is CC(=O)Nc1ccccc1Oc1ccc(C(C)O)cn1. The molecule has 0 aliphatic carbocycles. The van der Waals surface area contributed by atoms with Crippen LogP contribution < -0.4 is 10.1 Å². The molecule has 1 atom stereocenters. The molecule has 0 aliphatic heterocycles. The summed E-state index contributed by atoms with van der Waals surface area (Å²) in [5.41, 5.74) is 1.30. The number of nitrogens with one attached hydrogen (secondary N) is 1. The van der Waals surface area contributed by atoms with E-state index in [2.05, 4.69) is 10.3 Å². The molecular weight excluding hydrogens is 256 g/mol. The number of aliphatic hydroxyl groups excluding tert-OH is 1. The summed E-state index contributed by atoms with van der Waals surface area (Å²) in [7, 11) is 0. The van der Waals surface area contributed by atoms with Crippen LogP contribution in [0.25, 0.3) is 0 Å². The van der Waals surface area contributed by atoms with Gasteiger partial charge in [0.2, 0.25) is 11.8 Å². The van der Waals surface area contributed by atoms with Gasteiger partial charge in [-0.3, -0.25) is 4.79 Å². The molecule has 1 heterocycles. The number of benzene rings is 1. The Morgan fingerprint density at radius 2 is 2.05 bits per heavy atom. The van der Waals surface area contributed by atoms with Gasteiger partial charge in [0, 0.05) is 19.2 Å². The molecular formula is C15H16N2O3. The summed E-state index contributed by atoms with van der Waals surface area (Å²) in [4.78, 5) is 15.2. The van der Waals surface area contributed by atoms with Gasteiger partial charge < -0.3 is 15.2 Å². The molecule has 0 saturated carbocycles. The summed E-state index contributed by atoms with van der Waals surface area (Å²) in [6.45, 7) is 3.11. The number of hydrogen-bond acceptors (Lipinski definition) is 4. The number of ether oxygens (including phenoxy) is 1. The van der Waals surface area contributed by atoms with Gasteiger partial charge in [0.05, 0.1) is 11.8 Å². The largest absolute Gasteiger partial charge is 0.437 e. The average Bonchev–Trinajstić information content (AvgIpc) is 2.41. The Morgan fingerprint density at radius 1 is 1.30 bits per heavy atom. The zero-order valence-corrected chi connectivity index (χ0v) is 11.3. The highest BCUT2D eigenvalue weighted by atomic mass is 16.5. The van der Waals surface area contributed by atoms with Crippen molar-refractivity contribution in [2.24, 2.45) is 0 Å². The highest BCUT2D eigenvalue weighted by Crippen LogP contribution is 2.28. The van der Waals surface area contributed by atoms with Gasteiger partial charge >= 0.3 is 0 Å². The molecule has 0 saturated heterocycles. The van der Waals surface area contributed by atoms with Gasteiger partial charge in [0.1, 0.15) is 0 Å². The van der Waals surface area contributed by atoms with Crippen LogP contribution in [0.3, 0.4) is 0 Å². The van der Waals surface area contributed by atoms with Crippen molar-refractivity contribution >= 4 is 11.6 Å². The van der Waals surface area contributed by atoms with Gasteiger partial charge in [-0.15, -0.1) is 0 Å². The van der Waals surface area contributed by atoms with Crippen molar-refractivity contribution in [2.75, 3.05) is 5.32 Å². The minimum absolute atomic E-state index is 0.168. The first-order valence-electron chi connectivity index (χ1n) is 6.25. The maximum atomic E-state index is 11.1. The quantitative estimate of drug-likeness (QED) is 0.897. The van der Waals surface area contributed by atoms with Crippen molar-refractivity contribution in [1.82, 2.24) is 4.98 Å². The number of aliphatic hydroxyl groups is 1. The van der Waals surface area contributed by atoms with E-state index in [1.54, 1.807) is 37.4 Å². The molecule has 0 fully saturated rings. The second kappa shape index (κ2) is 6.16. The van der Waals surface area contributed by atoms with E-state index in [4.69, 9.17) is 4.74 Å². The number of nitrogens with zero attached hydrogens (tertiary/aromatic N) is 1. The van der Waals surface area contributed by atoms with Crippen molar-refractivity contribution in [3.63, 3.8) is 0 Å². The summed E-state index contributed by atoms with van der Waals surface area (Å²) in [5.74, 6) is 0.741. The molecule has 1 aromatic carbocycles. The number of aromatic nitrogens is 1. The fraction of sp³-hybridized carbons (Fsp3) is 0.200. The second-order valence-corrected chi connectivity index (χ2v) is 4.39. The number of carbonyl (C=O) groups is 1. The monoisotopic (exact) mass is 272 g/mol. The lowest BCUT2D eigenvalue weighted by Gasteiger charge is -2.11. The zero-order valence-electron chi connectivity index (χ0n) is 11.3. The Labute approximate surface area is 117 Å². The number of para-hydroxylation sites is 2. The van der Waals surface area contributed by atoms with Crippen LogP contribution in [-0.4, -0.2) is 16.0 Å². The van der Waals surface area contributed by atoms with E-state index in [9.17, 15) is 9.90 Å². The lowest BCUT2D eigenvalue weighted by atomic mass is 10.2. The summed E-state index contributed by atoms with van der Waals surface area (Å²) in [6.07, 6.45) is 0.990. The number of amides is 1. The number of hydrogen-bond donors (Lipinski definition) is 2. The van der Waals surface area contributed by atoms with Crippen LogP contribution in [0.1, 0.15) is 25.5 Å². The molecule has 5 heteroatoms. The minimum atomic E-state index is -0.566. The van der Waals surface area contributed by atoms with E-state index < -0.39 is 6.10 Å². The fourth-order valence-electron chi connectivity index (χ4n) is 1.66. The molecule has 20 heavy (non-hydrogen) atoms. The summed E-state index contributed by atoms with van der Waals surface area (Å²) in [5, 5.41) is 12.1. The first-order chi connectivity index (χ1) is 9.56. The maximum absolute atomic E-state index is 11.1. The van der Waals surface area contributed by atoms with Crippen LogP contribution >= 0.6 is 0 Å². The molecule has 0 aliphatic rings. The Kier molecular flexibility index (Phi) is 4.32. The molecule has 104 valence electrons. The van der Waals surface area contributed by atoms with E-state index in [0.29, 0.717) is 22.9 Å². The van der Waals surface area contributed by atoms with Crippen LogP contribution in [0.2, 0.25) is 0 Å². The second-order valence-electron chi connectivity index (χ2n) is 4.39. The predicted molar refractivity (Wildman–Crippen MR) is 75.7 cm³/mol. The van der Waals surface area contributed by atoms with Gasteiger partial charge in [0.15, 0.2) is 5.75 Å². The molecule has 0 radical (unpaired) electrons. The molecule has 2 N–H and O–H groups in total. The molecule has 0 spiro atoms. The van der Waals surface area contributed by atoms with E-state index in [0.717, 1.165) is 0 Å². The van der Waals surface area contributed by atoms with Crippen molar-refractivity contribution in [1.29, 1.82) is 0 Å². The molecule has 1 unspecified atom stereocenters. The van der Waals surface area contributed by atoms with Gasteiger partial charge in [-0.1, -0.05) is 12.1 Å². The summed E-state index contributed by atoms with van der Waals surface area (Å²) < 4.78 is 5.64. The van der Waals surface area contributed by atoms with Crippen LogP contribution in [0.15, 0.2) is 42.6 Å². The number of pyridine rings is 1. The Bertz CT molecular complexity index is 594.